The molecule has 156 valence electrons. The van der Waals surface area contributed by atoms with E-state index in [0.717, 1.165) is 6.08 Å². The van der Waals surface area contributed by atoms with Crippen molar-refractivity contribution in [2.75, 3.05) is 6.61 Å². The van der Waals surface area contributed by atoms with Gasteiger partial charge in [-0.05, 0) is 39.7 Å². The fourth-order valence-electron chi connectivity index (χ4n) is 2.74. The number of hydrogen-bond donors (Lipinski definition) is 5. The van der Waals surface area contributed by atoms with E-state index >= 15 is 0 Å². The highest BCUT2D eigenvalue weighted by Crippen LogP contribution is 2.27. The van der Waals surface area contributed by atoms with Crippen molar-refractivity contribution in [1.82, 2.24) is 0 Å². The summed E-state index contributed by atoms with van der Waals surface area (Å²) in [6, 6.07) is 0. The number of esters is 1. The van der Waals surface area contributed by atoms with Crippen LogP contribution in [0.4, 0.5) is 0 Å². The van der Waals surface area contributed by atoms with Crippen molar-refractivity contribution < 1.29 is 39.8 Å². The summed E-state index contributed by atoms with van der Waals surface area (Å²) >= 11 is 0. The fourth-order valence-corrected chi connectivity index (χ4v) is 2.74. The summed E-state index contributed by atoms with van der Waals surface area (Å²) in [4.78, 5) is 11.7. The van der Waals surface area contributed by atoms with Gasteiger partial charge in [0.2, 0.25) is 0 Å². The lowest BCUT2D eigenvalue weighted by atomic mass is 9.86. The monoisotopic (exact) mass is 388 g/mol. The number of carbonyl (C=O) groups excluding carboxylic acids is 1. The Labute approximate surface area is 159 Å². The van der Waals surface area contributed by atoms with Gasteiger partial charge in [0.25, 0.3) is 0 Å². The van der Waals surface area contributed by atoms with Crippen molar-refractivity contribution in [2.45, 2.75) is 76.8 Å². The van der Waals surface area contributed by atoms with E-state index in [-0.39, 0.29) is 18.3 Å². The zero-order valence-electron chi connectivity index (χ0n) is 16.2. The third-order valence-corrected chi connectivity index (χ3v) is 4.41. The molecular weight excluding hydrogens is 356 g/mol. The molecule has 1 rings (SSSR count). The molecule has 1 saturated heterocycles. The van der Waals surface area contributed by atoms with Gasteiger partial charge in [-0.2, -0.15) is 0 Å². The molecule has 7 atom stereocenters. The maximum Gasteiger partial charge on any atom is 0.331 e. The second-order valence-electron chi connectivity index (χ2n) is 7.25. The summed E-state index contributed by atoms with van der Waals surface area (Å²) in [6.45, 7) is 6.46. The van der Waals surface area contributed by atoms with E-state index in [9.17, 15) is 30.3 Å². The van der Waals surface area contributed by atoms with Crippen LogP contribution in [0.3, 0.4) is 0 Å². The van der Waals surface area contributed by atoms with E-state index in [4.69, 9.17) is 9.47 Å². The number of allylic oxidation sites excluding steroid dienone is 1. The van der Waals surface area contributed by atoms with Crippen molar-refractivity contribution in [3.8, 4) is 0 Å². The number of hydrogen-bond acceptors (Lipinski definition) is 8. The highest BCUT2D eigenvalue weighted by Gasteiger charge is 2.41. The molecule has 1 aliphatic rings. The fraction of sp³-hybridized carbons (Fsp3) is 0.737. The van der Waals surface area contributed by atoms with E-state index in [1.165, 1.54) is 19.9 Å². The van der Waals surface area contributed by atoms with Gasteiger partial charge in [0.1, 0.15) is 18.3 Å². The van der Waals surface area contributed by atoms with Crippen LogP contribution < -0.4 is 0 Å². The van der Waals surface area contributed by atoms with Crippen LogP contribution in [0.2, 0.25) is 0 Å². The van der Waals surface area contributed by atoms with Crippen LogP contribution in [-0.2, 0) is 14.3 Å². The lowest BCUT2D eigenvalue weighted by molar-refractivity contribution is -0.187. The zero-order valence-corrected chi connectivity index (χ0v) is 16.2. The lowest BCUT2D eigenvalue weighted by Gasteiger charge is -2.39. The van der Waals surface area contributed by atoms with Crippen LogP contribution >= 0.6 is 0 Å². The van der Waals surface area contributed by atoms with Crippen molar-refractivity contribution in [2.24, 2.45) is 5.92 Å². The molecule has 0 aromatic rings. The number of rotatable bonds is 8. The van der Waals surface area contributed by atoms with Crippen molar-refractivity contribution in [1.29, 1.82) is 0 Å². The maximum atomic E-state index is 11.7. The van der Waals surface area contributed by atoms with Crippen LogP contribution in [0.5, 0.6) is 0 Å². The van der Waals surface area contributed by atoms with Crippen molar-refractivity contribution in [3.63, 3.8) is 0 Å². The van der Waals surface area contributed by atoms with Gasteiger partial charge < -0.3 is 35.0 Å². The first-order chi connectivity index (χ1) is 12.5. The molecule has 0 aromatic carbocycles. The van der Waals surface area contributed by atoms with Crippen LogP contribution in [0, 0.1) is 5.92 Å². The summed E-state index contributed by atoms with van der Waals surface area (Å²) in [6.07, 6.45) is -2.59. The normalized spacial score (nSPS) is 30.4. The van der Waals surface area contributed by atoms with Gasteiger partial charge in [-0.25, -0.2) is 4.79 Å². The third kappa shape index (κ3) is 7.33. The molecule has 0 saturated carbocycles. The van der Waals surface area contributed by atoms with Crippen LogP contribution in [0.1, 0.15) is 34.1 Å². The molecule has 1 aliphatic heterocycles. The second-order valence-corrected chi connectivity index (χ2v) is 7.25. The first-order valence-electron chi connectivity index (χ1n) is 9.12. The number of aliphatic hydroxyl groups is 5. The van der Waals surface area contributed by atoms with E-state index in [2.05, 4.69) is 0 Å². The van der Waals surface area contributed by atoms with Crippen LogP contribution in [0.25, 0.3) is 0 Å². The molecule has 27 heavy (non-hydrogen) atoms. The molecule has 0 radical (unpaired) electrons. The summed E-state index contributed by atoms with van der Waals surface area (Å²) in [7, 11) is 0. The Morgan fingerprint density at radius 3 is 2.37 bits per heavy atom. The standard InChI is InChI=1S/C19H32O8/c1-10(2)27-15(22)8-11(3)16(23)19-18(25)17(24)13(9-26-19)6-5-7-14(21)12(4)20/h5,7-8,10,12-14,16-21,23-25H,6,9H2,1-4H3/b7-5+,11-8+/t12-,13-,14+,16+,17+,18+,19-/m0/s1. The third-order valence-electron chi connectivity index (χ3n) is 4.41. The first kappa shape index (κ1) is 23.7. The Bertz CT molecular complexity index is 528. The van der Waals surface area contributed by atoms with Gasteiger partial charge in [-0.1, -0.05) is 12.2 Å². The van der Waals surface area contributed by atoms with Crippen LogP contribution in [0.15, 0.2) is 23.8 Å². The molecule has 8 nitrogen and oxygen atoms in total. The average molecular weight is 388 g/mol. The Kier molecular flexibility index (Phi) is 9.58. The Balaban J connectivity index is 2.67. The number of ether oxygens (including phenoxy) is 2. The maximum absolute atomic E-state index is 11.7. The Morgan fingerprint density at radius 1 is 1.19 bits per heavy atom. The summed E-state index contributed by atoms with van der Waals surface area (Å²) in [5.74, 6) is -1.04. The molecule has 0 unspecified atom stereocenters. The molecule has 1 heterocycles. The van der Waals surface area contributed by atoms with E-state index in [1.54, 1.807) is 19.9 Å². The lowest BCUT2D eigenvalue weighted by Crippen LogP contribution is -2.54. The van der Waals surface area contributed by atoms with Gasteiger partial charge in [0.15, 0.2) is 0 Å². The summed E-state index contributed by atoms with van der Waals surface area (Å²) < 4.78 is 10.5. The minimum Gasteiger partial charge on any atom is -0.460 e. The van der Waals surface area contributed by atoms with Crippen LogP contribution in [-0.4, -0.2) is 80.8 Å². The highest BCUT2D eigenvalue weighted by atomic mass is 16.5. The predicted molar refractivity (Wildman–Crippen MR) is 97.7 cm³/mol. The van der Waals surface area contributed by atoms with Gasteiger partial charge in [-0.15, -0.1) is 0 Å². The van der Waals surface area contributed by atoms with Gasteiger partial charge in [0, 0.05) is 12.0 Å². The minimum absolute atomic E-state index is 0.0821. The molecule has 0 aliphatic carbocycles. The molecule has 0 spiro atoms. The first-order valence-corrected chi connectivity index (χ1v) is 9.12. The number of aliphatic hydroxyl groups excluding tert-OH is 5. The topological polar surface area (TPSA) is 137 Å². The quantitative estimate of drug-likeness (QED) is 0.217. The molecule has 1 fully saturated rings. The van der Waals surface area contributed by atoms with Gasteiger partial charge in [-0.3, -0.25) is 0 Å². The largest absolute Gasteiger partial charge is 0.460 e. The van der Waals surface area contributed by atoms with Gasteiger partial charge >= 0.3 is 5.97 Å². The predicted octanol–water partition coefficient (Wildman–Crippen LogP) is -0.330. The van der Waals surface area contributed by atoms with Gasteiger partial charge in [0.05, 0.1) is 31.0 Å². The highest BCUT2D eigenvalue weighted by molar-refractivity contribution is 5.83. The smallest absolute Gasteiger partial charge is 0.331 e. The zero-order chi connectivity index (χ0) is 20.7. The molecule has 5 N–H and O–H groups in total. The molecule has 0 aromatic heterocycles. The van der Waals surface area contributed by atoms with E-state index in [1.807, 2.05) is 0 Å². The summed E-state index contributed by atoms with van der Waals surface area (Å²) in [5, 5.41) is 49.7. The van der Waals surface area contributed by atoms with Crippen molar-refractivity contribution >= 4 is 5.97 Å². The Hall–Kier alpha value is -1.29. The molecule has 8 heteroatoms. The van der Waals surface area contributed by atoms with E-state index in [0.29, 0.717) is 6.42 Å². The van der Waals surface area contributed by atoms with E-state index < -0.39 is 48.5 Å². The summed E-state index contributed by atoms with van der Waals surface area (Å²) in [5.41, 5.74) is 0.260. The molecule has 0 bridgehead atoms. The number of carbonyl (C=O) groups is 1. The van der Waals surface area contributed by atoms with Crippen molar-refractivity contribution in [3.05, 3.63) is 23.8 Å². The average Bonchev–Trinajstić information content (AvgIpc) is 2.57. The molecular formula is C19H32O8. The second kappa shape index (κ2) is 10.9. The SMILES string of the molecule is C/C(=C\C(=O)OC(C)C)[C@@H](O)[C@@H]1OC[C@H](C/C=C/[C@@H](O)[C@H](C)O)[C@@H](O)[C@H]1O. The molecule has 0 amide bonds. The minimum atomic E-state index is -1.35. The Morgan fingerprint density at radius 2 is 1.81 bits per heavy atom.